The van der Waals surface area contributed by atoms with E-state index in [1.54, 1.807) is 7.05 Å². The van der Waals surface area contributed by atoms with Crippen molar-refractivity contribution in [1.29, 1.82) is 0 Å². The lowest BCUT2D eigenvalue weighted by molar-refractivity contribution is 0.185. The summed E-state index contributed by atoms with van der Waals surface area (Å²) < 4.78 is 28.7. The number of fused-ring (bicyclic) bond motifs is 1. The number of furan rings is 1. The fourth-order valence-electron chi connectivity index (χ4n) is 2.76. The molecule has 0 radical (unpaired) electrons. The van der Waals surface area contributed by atoms with E-state index in [-0.39, 0.29) is 29.6 Å². The molecule has 7 heteroatoms. The molecule has 1 aliphatic rings. The van der Waals surface area contributed by atoms with Crippen molar-refractivity contribution in [3.05, 3.63) is 36.1 Å². The van der Waals surface area contributed by atoms with Gasteiger partial charge in [0, 0.05) is 18.5 Å². The van der Waals surface area contributed by atoms with E-state index in [4.69, 9.17) is 4.42 Å². The molecule has 1 aromatic carbocycles. The second kappa shape index (κ2) is 5.88. The van der Waals surface area contributed by atoms with Crippen LogP contribution in [0.15, 0.2) is 34.7 Å². The second-order valence-electron chi connectivity index (χ2n) is 6.02. The van der Waals surface area contributed by atoms with Crippen LogP contribution in [0.4, 0.5) is 4.79 Å². The van der Waals surface area contributed by atoms with E-state index >= 15 is 0 Å². The molecule has 0 spiro atoms. The zero-order valence-corrected chi connectivity index (χ0v) is 14.0. The SMILES string of the molecule is C[C@@H](c1cc2ccccc2o1)N(C)C(=O)N[C@@H]1CCS(=O)(=O)C1. The Kier molecular flexibility index (Phi) is 4.06. The molecule has 1 fully saturated rings. The van der Waals surface area contributed by atoms with Gasteiger partial charge in [-0.2, -0.15) is 0 Å². The molecule has 1 N–H and O–H groups in total. The highest BCUT2D eigenvalue weighted by molar-refractivity contribution is 7.91. The van der Waals surface area contributed by atoms with Crippen molar-refractivity contribution in [2.75, 3.05) is 18.6 Å². The monoisotopic (exact) mass is 336 g/mol. The van der Waals surface area contributed by atoms with Crippen LogP contribution in [0.5, 0.6) is 0 Å². The highest BCUT2D eigenvalue weighted by Crippen LogP contribution is 2.26. The number of hydrogen-bond acceptors (Lipinski definition) is 4. The maximum absolute atomic E-state index is 12.3. The largest absolute Gasteiger partial charge is 0.459 e. The summed E-state index contributed by atoms with van der Waals surface area (Å²) in [6.45, 7) is 1.88. The fourth-order valence-corrected chi connectivity index (χ4v) is 4.43. The van der Waals surface area contributed by atoms with Gasteiger partial charge >= 0.3 is 6.03 Å². The van der Waals surface area contributed by atoms with Crippen molar-refractivity contribution in [2.45, 2.75) is 25.4 Å². The maximum Gasteiger partial charge on any atom is 0.318 e. The van der Waals surface area contributed by atoms with Crippen LogP contribution in [0.3, 0.4) is 0 Å². The molecule has 6 nitrogen and oxygen atoms in total. The lowest BCUT2D eigenvalue weighted by atomic mass is 10.2. The molecule has 0 saturated carbocycles. The van der Waals surface area contributed by atoms with Crippen LogP contribution >= 0.6 is 0 Å². The molecule has 124 valence electrons. The second-order valence-corrected chi connectivity index (χ2v) is 8.25. The summed E-state index contributed by atoms with van der Waals surface area (Å²) in [5, 5.41) is 3.78. The highest BCUT2D eigenvalue weighted by Gasteiger charge is 2.30. The number of benzene rings is 1. The maximum atomic E-state index is 12.3. The van der Waals surface area contributed by atoms with Gasteiger partial charge in [-0.25, -0.2) is 13.2 Å². The zero-order valence-electron chi connectivity index (χ0n) is 13.2. The molecule has 2 atom stereocenters. The minimum absolute atomic E-state index is 0.0194. The molecule has 1 aromatic heterocycles. The van der Waals surface area contributed by atoms with E-state index in [1.165, 1.54) is 4.90 Å². The molecule has 1 aliphatic heterocycles. The number of amides is 2. The van der Waals surface area contributed by atoms with Gasteiger partial charge in [-0.3, -0.25) is 0 Å². The first-order valence-corrected chi connectivity index (χ1v) is 9.40. The number of para-hydroxylation sites is 1. The average Bonchev–Trinajstić information content (AvgIpc) is 3.08. The summed E-state index contributed by atoms with van der Waals surface area (Å²) in [6, 6.07) is 8.75. The van der Waals surface area contributed by atoms with Crippen molar-refractivity contribution in [3.8, 4) is 0 Å². The Balaban J connectivity index is 1.69. The van der Waals surface area contributed by atoms with E-state index in [0.717, 1.165) is 11.0 Å². The zero-order chi connectivity index (χ0) is 16.6. The van der Waals surface area contributed by atoms with Crippen molar-refractivity contribution < 1.29 is 17.6 Å². The molecule has 2 aromatic rings. The molecular formula is C16H20N2O4S. The van der Waals surface area contributed by atoms with Gasteiger partial charge in [0.2, 0.25) is 0 Å². The normalized spacial score (nSPS) is 21.2. The molecule has 3 rings (SSSR count). The van der Waals surface area contributed by atoms with Crippen molar-refractivity contribution in [1.82, 2.24) is 10.2 Å². The third-order valence-electron chi connectivity index (χ3n) is 4.32. The number of rotatable bonds is 3. The number of carbonyl (C=O) groups excluding carboxylic acids is 1. The third-order valence-corrected chi connectivity index (χ3v) is 6.09. The summed E-state index contributed by atoms with van der Waals surface area (Å²) in [6.07, 6.45) is 0.473. The summed E-state index contributed by atoms with van der Waals surface area (Å²) in [5.74, 6) is 0.856. The van der Waals surface area contributed by atoms with Crippen molar-refractivity contribution in [2.24, 2.45) is 0 Å². The smallest absolute Gasteiger partial charge is 0.318 e. The van der Waals surface area contributed by atoms with Gasteiger partial charge in [0.05, 0.1) is 17.5 Å². The molecule has 1 saturated heterocycles. The van der Waals surface area contributed by atoms with Crippen molar-refractivity contribution in [3.63, 3.8) is 0 Å². The Morgan fingerprint density at radius 2 is 2.13 bits per heavy atom. The Hall–Kier alpha value is -2.02. The first-order chi connectivity index (χ1) is 10.9. The van der Waals surface area contributed by atoms with Crippen LogP contribution in [-0.4, -0.2) is 43.9 Å². The van der Waals surface area contributed by atoms with Crippen LogP contribution in [0.25, 0.3) is 11.0 Å². The Labute approximate surface area is 135 Å². The summed E-state index contributed by atoms with van der Waals surface area (Å²) in [4.78, 5) is 13.8. The molecule has 0 aliphatic carbocycles. The van der Waals surface area contributed by atoms with Crippen LogP contribution in [-0.2, 0) is 9.84 Å². The van der Waals surface area contributed by atoms with E-state index in [0.29, 0.717) is 12.2 Å². The number of hydrogen-bond donors (Lipinski definition) is 1. The van der Waals surface area contributed by atoms with Gasteiger partial charge in [-0.1, -0.05) is 18.2 Å². The van der Waals surface area contributed by atoms with Gasteiger partial charge in [-0.05, 0) is 25.5 Å². The first-order valence-electron chi connectivity index (χ1n) is 7.58. The lowest BCUT2D eigenvalue weighted by Crippen LogP contribution is -2.44. The third kappa shape index (κ3) is 3.34. The summed E-state index contributed by atoms with van der Waals surface area (Å²) in [5.41, 5.74) is 0.782. The van der Waals surface area contributed by atoms with Gasteiger partial charge in [0.1, 0.15) is 11.3 Å². The van der Waals surface area contributed by atoms with Crippen LogP contribution < -0.4 is 5.32 Å². The number of urea groups is 1. The number of sulfone groups is 1. The number of nitrogens with one attached hydrogen (secondary N) is 1. The minimum atomic E-state index is -3.01. The van der Waals surface area contributed by atoms with Crippen LogP contribution in [0, 0.1) is 0 Å². The molecule has 0 bridgehead atoms. The summed E-state index contributed by atoms with van der Waals surface area (Å²) in [7, 11) is -1.33. The molecular weight excluding hydrogens is 316 g/mol. The predicted octanol–water partition coefficient (Wildman–Crippen LogP) is 2.32. The Morgan fingerprint density at radius 3 is 2.78 bits per heavy atom. The molecule has 0 unspecified atom stereocenters. The van der Waals surface area contributed by atoms with Crippen molar-refractivity contribution >= 4 is 26.8 Å². The van der Waals surface area contributed by atoms with E-state index in [9.17, 15) is 13.2 Å². The number of carbonyl (C=O) groups is 1. The van der Waals surface area contributed by atoms with Crippen LogP contribution in [0.1, 0.15) is 25.1 Å². The molecule has 23 heavy (non-hydrogen) atoms. The quantitative estimate of drug-likeness (QED) is 0.933. The van der Waals surface area contributed by atoms with E-state index in [2.05, 4.69) is 5.32 Å². The predicted molar refractivity (Wildman–Crippen MR) is 88.0 cm³/mol. The minimum Gasteiger partial charge on any atom is -0.459 e. The van der Waals surface area contributed by atoms with Gasteiger partial charge in [-0.15, -0.1) is 0 Å². The number of nitrogens with zero attached hydrogens (tertiary/aromatic N) is 1. The van der Waals surface area contributed by atoms with E-state index < -0.39 is 9.84 Å². The summed E-state index contributed by atoms with van der Waals surface area (Å²) >= 11 is 0. The Bertz CT molecular complexity index is 794. The molecule has 2 heterocycles. The van der Waals surface area contributed by atoms with Gasteiger partial charge in [0.25, 0.3) is 0 Å². The van der Waals surface area contributed by atoms with E-state index in [1.807, 2.05) is 37.3 Å². The lowest BCUT2D eigenvalue weighted by Gasteiger charge is -2.25. The first kappa shape index (κ1) is 15.9. The highest BCUT2D eigenvalue weighted by atomic mass is 32.2. The Morgan fingerprint density at radius 1 is 1.39 bits per heavy atom. The van der Waals surface area contributed by atoms with Crippen LogP contribution in [0.2, 0.25) is 0 Å². The topological polar surface area (TPSA) is 79.6 Å². The molecule has 2 amide bonds. The van der Waals surface area contributed by atoms with Gasteiger partial charge < -0.3 is 14.6 Å². The fraction of sp³-hybridized carbons (Fsp3) is 0.438. The standard InChI is InChI=1S/C16H20N2O4S/c1-11(15-9-12-5-3-4-6-14(12)22-15)18(2)16(19)17-13-7-8-23(20,21)10-13/h3-6,9,11,13H,7-8,10H2,1-2H3,(H,17,19)/t11-,13+/m0/s1. The van der Waals surface area contributed by atoms with Gasteiger partial charge in [0.15, 0.2) is 9.84 Å². The average molecular weight is 336 g/mol.